The molecule has 0 aliphatic heterocycles. The third kappa shape index (κ3) is 3.17. The van der Waals surface area contributed by atoms with Crippen LogP contribution in [-0.2, 0) is 13.1 Å². The normalized spacial score (nSPS) is 11.4. The van der Waals surface area contributed by atoms with E-state index in [2.05, 4.69) is 19.9 Å². The lowest BCUT2D eigenvalue weighted by molar-refractivity contribution is 0.314. The highest BCUT2D eigenvalue weighted by Crippen LogP contribution is 2.18. The Labute approximate surface area is 127 Å². The maximum absolute atomic E-state index is 6.01. The summed E-state index contributed by atoms with van der Waals surface area (Å²) in [4.78, 5) is 16.7. The number of fused-ring (bicyclic) bond motifs is 1. The van der Waals surface area contributed by atoms with E-state index < -0.39 is 0 Å². The Kier molecular flexibility index (Phi) is 3.81. The predicted molar refractivity (Wildman–Crippen MR) is 86.0 cm³/mol. The Morgan fingerprint density at radius 2 is 2.00 bits per heavy atom. The number of rotatable bonds is 4. The van der Waals surface area contributed by atoms with Crippen molar-refractivity contribution in [3.63, 3.8) is 0 Å². The molecule has 3 rings (SSSR count). The largest absolute Gasteiger partial charge is 0.383 e. The van der Waals surface area contributed by atoms with E-state index in [0.717, 1.165) is 28.3 Å². The topological polar surface area (TPSA) is 67.9 Å². The van der Waals surface area contributed by atoms with Crippen LogP contribution in [0, 0.1) is 6.92 Å². The molecule has 0 fully saturated rings. The van der Waals surface area contributed by atoms with Gasteiger partial charge in [0.1, 0.15) is 11.6 Å². The van der Waals surface area contributed by atoms with Gasteiger partial charge in [0.2, 0.25) is 0 Å². The smallest absolute Gasteiger partial charge is 0.145 e. The van der Waals surface area contributed by atoms with Gasteiger partial charge in [-0.15, -0.1) is 11.3 Å². The number of nitrogens with zero attached hydrogens (tertiary/aromatic N) is 4. The molecule has 21 heavy (non-hydrogen) atoms. The van der Waals surface area contributed by atoms with Crippen LogP contribution in [0.4, 0.5) is 5.82 Å². The first-order valence-electron chi connectivity index (χ1n) is 6.73. The number of thiazole rings is 1. The molecule has 5 nitrogen and oxygen atoms in total. The monoisotopic (exact) mass is 299 g/mol. The molecule has 2 heterocycles. The molecule has 2 aromatic heterocycles. The van der Waals surface area contributed by atoms with Crippen molar-refractivity contribution in [2.24, 2.45) is 0 Å². The molecular formula is C15H17N5S. The van der Waals surface area contributed by atoms with Crippen LogP contribution in [-0.4, -0.2) is 26.9 Å². The first-order chi connectivity index (χ1) is 10.1. The Morgan fingerprint density at radius 3 is 2.76 bits per heavy atom. The third-order valence-electron chi connectivity index (χ3n) is 3.19. The van der Waals surface area contributed by atoms with Gasteiger partial charge in [-0.25, -0.2) is 15.0 Å². The molecule has 3 aromatic rings. The molecular weight excluding hydrogens is 282 g/mol. The Hall–Kier alpha value is -2.05. The van der Waals surface area contributed by atoms with Crippen LogP contribution in [0.5, 0.6) is 0 Å². The van der Waals surface area contributed by atoms with Gasteiger partial charge in [0, 0.05) is 23.0 Å². The predicted octanol–water partition coefficient (Wildman–Crippen LogP) is 2.61. The van der Waals surface area contributed by atoms with Crippen molar-refractivity contribution < 1.29 is 0 Å². The van der Waals surface area contributed by atoms with Crippen molar-refractivity contribution in [3.8, 4) is 0 Å². The Balaban J connectivity index is 1.78. The van der Waals surface area contributed by atoms with Crippen molar-refractivity contribution in [1.29, 1.82) is 0 Å². The third-order valence-corrected chi connectivity index (χ3v) is 4.08. The molecule has 0 spiro atoms. The van der Waals surface area contributed by atoms with Crippen LogP contribution in [0.25, 0.3) is 10.9 Å². The molecule has 0 atom stereocenters. The van der Waals surface area contributed by atoms with Crippen LogP contribution < -0.4 is 5.73 Å². The van der Waals surface area contributed by atoms with Gasteiger partial charge in [-0.3, -0.25) is 4.90 Å². The van der Waals surface area contributed by atoms with Crippen LogP contribution in [0.2, 0.25) is 0 Å². The van der Waals surface area contributed by atoms with Crippen molar-refractivity contribution in [1.82, 2.24) is 19.9 Å². The molecule has 0 saturated carbocycles. The molecule has 6 heteroatoms. The number of aromatic nitrogens is 3. The fourth-order valence-electron chi connectivity index (χ4n) is 2.26. The number of nitrogen functional groups attached to an aromatic ring is 1. The molecule has 1 aromatic carbocycles. The zero-order valence-corrected chi connectivity index (χ0v) is 12.9. The summed E-state index contributed by atoms with van der Waals surface area (Å²) in [5, 5.41) is 1.99. The number of aryl methyl sites for hydroxylation is 1. The Bertz CT molecular complexity index is 768. The highest BCUT2D eigenvalue weighted by Gasteiger charge is 2.09. The van der Waals surface area contributed by atoms with Gasteiger partial charge in [-0.05, 0) is 26.1 Å². The standard InChI is InChI=1S/C15H17N5S/c1-10-17-7-11(21-10)8-20(2)9-14-18-13-6-4-3-5-12(13)15(16)19-14/h3-7H,8-9H2,1-2H3,(H2,16,18,19). The maximum atomic E-state index is 6.01. The minimum absolute atomic E-state index is 0.539. The van der Waals surface area contributed by atoms with Gasteiger partial charge in [0.15, 0.2) is 0 Å². The minimum atomic E-state index is 0.539. The van der Waals surface area contributed by atoms with E-state index in [4.69, 9.17) is 5.73 Å². The molecule has 0 saturated heterocycles. The molecule has 2 N–H and O–H groups in total. The molecule has 0 amide bonds. The van der Waals surface area contributed by atoms with Crippen LogP contribution in [0.1, 0.15) is 15.7 Å². The number of benzene rings is 1. The van der Waals surface area contributed by atoms with Gasteiger partial charge in [0.05, 0.1) is 17.1 Å². The average molecular weight is 299 g/mol. The van der Waals surface area contributed by atoms with E-state index in [0.29, 0.717) is 12.4 Å². The molecule has 0 unspecified atom stereocenters. The fraction of sp³-hybridized carbons (Fsp3) is 0.267. The van der Waals surface area contributed by atoms with Gasteiger partial charge in [0.25, 0.3) is 0 Å². The second-order valence-corrected chi connectivity index (χ2v) is 6.38. The number of nitrogens with two attached hydrogens (primary N) is 1. The lowest BCUT2D eigenvalue weighted by Gasteiger charge is -2.15. The molecule has 0 aliphatic rings. The number of hydrogen-bond donors (Lipinski definition) is 1. The van der Waals surface area contributed by atoms with Crippen molar-refractivity contribution >= 4 is 28.1 Å². The van der Waals surface area contributed by atoms with E-state index in [1.165, 1.54) is 4.88 Å². The summed E-state index contributed by atoms with van der Waals surface area (Å²) >= 11 is 1.71. The van der Waals surface area contributed by atoms with Crippen molar-refractivity contribution in [2.45, 2.75) is 20.0 Å². The maximum Gasteiger partial charge on any atom is 0.145 e. The Morgan fingerprint density at radius 1 is 1.19 bits per heavy atom. The average Bonchev–Trinajstić information content (AvgIpc) is 2.84. The first kappa shape index (κ1) is 13.9. The highest BCUT2D eigenvalue weighted by atomic mass is 32.1. The van der Waals surface area contributed by atoms with E-state index >= 15 is 0 Å². The van der Waals surface area contributed by atoms with E-state index in [9.17, 15) is 0 Å². The molecule has 0 radical (unpaired) electrons. The number of anilines is 1. The van der Waals surface area contributed by atoms with Crippen molar-refractivity contribution in [3.05, 3.63) is 46.2 Å². The summed E-state index contributed by atoms with van der Waals surface area (Å²) < 4.78 is 0. The molecule has 0 bridgehead atoms. The number of hydrogen-bond acceptors (Lipinski definition) is 6. The zero-order chi connectivity index (χ0) is 14.8. The van der Waals surface area contributed by atoms with E-state index in [1.54, 1.807) is 11.3 Å². The van der Waals surface area contributed by atoms with E-state index in [1.807, 2.05) is 44.4 Å². The fourth-order valence-corrected chi connectivity index (χ4v) is 3.14. The van der Waals surface area contributed by atoms with Crippen LogP contribution in [0.15, 0.2) is 30.5 Å². The van der Waals surface area contributed by atoms with Gasteiger partial charge < -0.3 is 5.73 Å². The summed E-state index contributed by atoms with van der Waals surface area (Å²) in [7, 11) is 2.05. The van der Waals surface area contributed by atoms with E-state index in [-0.39, 0.29) is 0 Å². The second-order valence-electron chi connectivity index (χ2n) is 5.06. The van der Waals surface area contributed by atoms with Gasteiger partial charge >= 0.3 is 0 Å². The highest BCUT2D eigenvalue weighted by molar-refractivity contribution is 7.11. The van der Waals surface area contributed by atoms with Crippen molar-refractivity contribution in [2.75, 3.05) is 12.8 Å². The lowest BCUT2D eigenvalue weighted by atomic mass is 10.2. The zero-order valence-electron chi connectivity index (χ0n) is 12.1. The summed E-state index contributed by atoms with van der Waals surface area (Å²) in [6.45, 7) is 3.51. The summed E-state index contributed by atoms with van der Waals surface area (Å²) in [5.74, 6) is 1.28. The van der Waals surface area contributed by atoms with Gasteiger partial charge in [-0.1, -0.05) is 12.1 Å². The van der Waals surface area contributed by atoms with Gasteiger partial charge in [-0.2, -0.15) is 0 Å². The molecule has 108 valence electrons. The summed E-state index contributed by atoms with van der Waals surface area (Å²) in [6, 6.07) is 7.81. The SMILES string of the molecule is Cc1ncc(CN(C)Cc2nc(N)c3ccccc3n2)s1. The lowest BCUT2D eigenvalue weighted by Crippen LogP contribution is -2.18. The quantitative estimate of drug-likeness (QED) is 0.802. The second kappa shape index (κ2) is 5.75. The summed E-state index contributed by atoms with van der Waals surface area (Å²) in [5.41, 5.74) is 6.90. The molecule has 0 aliphatic carbocycles. The van der Waals surface area contributed by atoms with Crippen LogP contribution >= 0.6 is 11.3 Å². The first-order valence-corrected chi connectivity index (χ1v) is 7.54. The minimum Gasteiger partial charge on any atom is -0.383 e. The summed E-state index contributed by atoms with van der Waals surface area (Å²) in [6.07, 6.45) is 1.92. The van der Waals surface area contributed by atoms with Crippen LogP contribution in [0.3, 0.4) is 0 Å². The number of para-hydroxylation sites is 1.